The van der Waals surface area contributed by atoms with Crippen LogP contribution >= 0.6 is 0 Å². The number of nitrogens with zero attached hydrogens (tertiary/aromatic N) is 1. The second-order valence-corrected chi connectivity index (χ2v) is 5.46. The molecule has 2 rings (SSSR count). The standard InChI is InChI=1S/C19H17NO7/c1-20(13-7-4-11(5-8-13)18(24)26-2)16(21)14-9-6-12(17(22)23)10-15(14)19(25)27-3/h4-10H,1-3H3,(H,22,23). The summed E-state index contributed by atoms with van der Waals surface area (Å²) < 4.78 is 9.27. The van der Waals surface area contributed by atoms with E-state index < -0.39 is 23.8 Å². The highest BCUT2D eigenvalue weighted by atomic mass is 16.5. The average molecular weight is 371 g/mol. The van der Waals surface area contributed by atoms with Crippen LogP contribution in [0.4, 0.5) is 5.69 Å². The highest BCUT2D eigenvalue weighted by Crippen LogP contribution is 2.20. The van der Waals surface area contributed by atoms with Crippen LogP contribution in [0.5, 0.6) is 0 Å². The van der Waals surface area contributed by atoms with Crippen molar-refractivity contribution in [1.82, 2.24) is 0 Å². The quantitative estimate of drug-likeness (QED) is 0.803. The lowest BCUT2D eigenvalue weighted by molar-refractivity contribution is 0.0590. The van der Waals surface area contributed by atoms with E-state index in [1.165, 1.54) is 43.3 Å². The molecule has 0 spiro atoms. The van der Waals surface area contributed by atoms with Gasteiger partial charge < -0.3 is 19.5 Å². The number of benzene rings is 2. The number of esters is 2. The summed E-state index contributed by atoms with van der Waals surface area (Å²) in [5.74, 6) is -3.10. The molecule has 0 bridgehead atoms. The fourth-order valence-corrected chi connectivity index (χ4v) is 2.38. The Morgan fingerprint density at radius 1 is 0.815 bits per heavy atom. The summed E-state index contributed by atoms with van der Waals surface area (Å²) >= 11 is 0. The minimum Gasteiger partial charge on any atom is -0.478 e. The summed E-state index contributed by atoms with van der Waals surface area (Å²) in [6.45, 7) is 0. The SMILES string of the molecule is COC(=O)c1ccc(N(C)C(=O)c2ccc(C(=O)O)cc2C(=O)OC)cc1. The Bertz CT molecular complexity index is 903. The summed E-state index contributed by atoms with van der Waals surface area (Å²) in [6.07, 6.45) is 0. The number of carboxylic acid groups (broad SMARTS) is 1. The van der Waals surface area contributed by atoms with E-state index in [0.29, 0.717) is 11.3 Å². The van der Waals surface area contributed by atoms with E-state index >= 15 is 0 Å². The Morgan fingerprint density at radius 2 is 1.37 bits per heavy atom. The van der Waals surface area contributed by atoms with E-state index in [0.717, 1.165) is 13.2 Å². The minimum atomic E-state index is -1.23. The smallest absolute Gasteiger partial charge is 0.338 e. The number of rotatable bonds is 5. The van der Waals surface area contributed by atoms with Gasteiger partial charge in [-0.2, -0.15) is 0 Å². The largest absolute Gasteiger partial charge is 0.478 e. The van der Waals surface area contributed by atoms with Crippen molar-refractivity contribution in [2.24, 2.45) is 0 Å². The predicted molar refractivity (Wildman–Crippen MR) is 95.3 cm³/mol. The Balaban J connectivity index is 2.39. The first-order valence-electron chi connectivity index (χ1n) is 7.72. The van der Waals surface area contributed by atoms with Crippen molar-refractivity contribution in [3.8, 4) is 0 Å². The molecule has 1 amide bonds. The maximum Gasteiger partial charge on any atom is 0.338 e. The van der Waals surface area contributed by atoms with Crippen LogP contribution in [0.2, 0.25) is 0 Å². The van der Waals surface area contributed by atoms with Gasteiger partial charge in [-0.15, -0.1) is 0 Å². The molecule has 0 unspecified atom stereocenters. The zero-order valence-electron chi connectivity index (χ0n) is 14.9. The van der Waals surface area contributed by atoms with Gasteiger partial charge in [0.1, 0.15) is 0 Å². The van der Waals surface area contributed by atoms with Crippen molar-refractivity contribution in [1.29, 1.82) is 0 Å². The molecule has 2 aromatic carbocycles. The molecule has 0 saturated heterocycles. The molecule has 0 saturated carbocycles. The van der Waals surface area contributed by atoms with Crippen LogP contribution in [-0.4, -0.2) is 50.2 Å². The third kappa shape index (κ3) is 4.12. The summed E-state index contributed by atoms with van der Waals surface area (Å²) in [7, 11) is 3.89. The number of carbonyl (C=O) groups excluding carboxylic acids is 3. The first kappa shape index (κ1) is 19.6. The number of anilines is 1. The number of methoxy groups -OCH3 is 2. The molecule has 2 aromatic rings. The third-order valence-corrected chi connectivity index (χ3v) is 3.88. The normalized spacial score (nSPS) is 10.0. The van der Waals surface area contributed by atoms with Crippen LogP contribution in [0.3, 0.4) is 0 Å². The molecule has 0 aromatic heterocycles. The fraction of sp³-hybridized carbons (Fsp3) is 0.158. The monoisotopic (exact) mass is 371 g/mol. The van der Waals surface area contributed by atoms with Gasteiger partial charge in [0.2, 0.25) is 0 Å². The summed E-state index contributed by atoms with van der Waals surface area (Å²) in [6, 6.07) is 9.68. The highest BCUT2D eigenvalue weighted by molar-refractivity contribution is 6.12. The lowest BCUT2D eigenvalue weighted by atomic mass is 10.0. The minimum absolute atomic E-state index is 0.00797. The van der Waals surface area contributed by atoms with E-state index in [1.807, 2.05) is 0 Å². The number of carboxylic acids is 1. The third-order valence-electron chi connectivity index (χ3n) is 3.88. The van der Waals surface area contributed by atoms with Gasteiger partial charge in [-0.3, -0.25) is 4.79 Å². The zero-order valence-corrected chi connectivity index (χ0v) is 14.9. The van der Waals surface area contributed by atoms with Crippen molar-refractivity contribution in [2.45, 2.75) is 0 Å². The average Bonchev–Trinajstić information content (AvgIpc) is 2.71. The van der Waals surface area contributed by atoms with Gasteiger partial charge in [0.25, 0.3) is 5.91 Å². The van der Waals surface area contributed by atoms with Crippen molar-refractivity contribution in [3.63, 3.8) is 0 Å². The first-order valence-corrected chi connectivity index (χ1v) is 7.72. The molecular weight excluding hydrogens is 354 g/mol. The van der Waals surface area contributed by atoms with Crippen LogP contribution in [0.15, 0.2) is 42.5 Å². The fourth-order valence-electron chi connectivity index (χ4n) is 2.38. The molecule has 27 heavy (non-hydrogen) atoms. The summed E-state index contributed by atoms with van der Waals surface area (Å²) in [5, 5.41) is 9.09. The van der Waals surface area contributed by atoms with Crippen LogP contribution in [0.25, 0.3) is 0 Å². The number of ether oxygens (including phenoxy) is 2. The molecule has 8 heteroatoms. The number of hydrogen-bond acceptors (Lipinski definition) is 6. The van der Waals surface area contributed by atoms with E-state index in [4.69, 9.17) is 5.11 Å². The van der Waals surface area contributed by atoms with Gasteiger partial charge in [0, 0.05) is 12.7 Å². The topological polar surface area (TPSA) is 110 Å². The lowest BCUT2D eigenvalue weighted by Gasteiger charge is -2.19. The highest BCUT2D eigenvalue weighted by Gasteiger charge is 2.23. The number of carbonyl (C=O) groups is 4. The van der Waals surface area contributed by atoms with Gasteiger partial charge in [-0.05, 0) is 42.5 Å². The van der Waals surface area contributed by atoms with E-state index in [9.17, 15) is 19.2 Å². The molecule has 0 fully saturated rings. The van der Waals surface area contributed by atoms with Crippen molar-refractivity contribution in [2.75, 3.05) is 26.2 Å². The number of hydrogen-bond donors (Lipinski definition) is 1. The molecule has 0 radical (unpaired) electrons. The molecule has 0 aliphatic heterocycles. The first-order chi connectivity index (χ1) is 12.8. The van der Waals surface area contributed by atoms with Gasteiger partial charge in [-0.1, -0.05) is 0 Å². The second kappa shape index (κ2) is 8.13. The van der Waals surface area contributed by atoms with Crippen molar-refractivity contribution in [3.05, 3.63) is 64.7 Å². The Morgan fingerprint density at radius 3 is 1.89 bits per heavy atom. The van der Waals surface area contributed by atoms with Crippen LogP contribution in [0.1, 0.15) is 41.4 Å². The van der Waals surface area contributed by atoms with E-state index in [-0.39, 0.29) is 16.7 Å². The maximum absolute atomic E-state index is 12.8. The number of amides is 1. The summed E-state index contributed by atoms with van der Waals surface area (Å²) in [5.41, 5.74) is 0.484. The van der Waals surface area contributed by atoms with Crippen molar-refractivity contribution >= 4 is 29.5 Å². The van der Waals surface area contributed by atoms with E-state index in [1.54, 1.807) is 12.1 Å². The van der Waals surface area contributed by atoms with Gasteiger partial charge in [-0.25, -0.2) is 14.4 Å². The Kier molecular flexibility index (Phi) is 5.92. The van der Waals surface area contributed by atoms with E-state index in [2.05, 4.69) is 9.47 Å². The molecule has 0 aliphatic rings. The van der Waals surface area contributed by atoms with Gasteiger partial charge in [0.05, 0.1) is 36.5 Å². The number of aromatic carboxylic acids is 1. The van der Waals surface area contributed by atoms with Crippen molar-refractivity contribution < 1.29 is 33.8 Å². The Hall–Kier alpha value is -3.68. The Labute approximate surface area is 154 Å². The molecule has 140 valence electrons. The lowest BCUT2D eigenvalue weighted by Crippen LogP contribution is -2.28. The van der Waals surface area contributed by atoms with Gasteiger partial charge >= 0.3 is 17.9 Å². The van der Waals surface area contributed by atoms with Crippen LogP contribution < -0.4 is 4.90 Å². The zero-order chi connectivity index (χ0) is 20.1. The molecular formula is C19H17NO7. The van der Waals surface area contributed by atoms with Gasteiger partial charge in [0.15, 0.2) is 0 Å². The molecule has 0 aliphatic carbocycles. The predicted octanol–water partition coefficient (Wildman–Crippen LogP) is 2.23. The maximum atomic E-state index is 12.8. The molecule has 0 heterocycles. The summed E-state index contributed by atoms with van der Waals surface area (Å²) in [4.78, 5) is 48.7. The molecule has 0 atom stereocenters. The molecule has 8 nitrogen and oxygen atoms in total. The molecule has 1 N–H and O–H groups in total. The van der Waals surface area contributed by atoms with Crippen LogP contribution in [0, 0.1) is 0 Å². The second-order valence-electron chi connectivity index (χ2n) is 5.46. The van der Waals surface area contributed by atoms with Crippen LogP contribution in [-0.2, 0) is 9.47 Å².